The van der Waals surface area contributed by atoms with Gasteiger partial charge >= 0.3 is 0 Å². The van der Waals surface area contributed by atoms with Gasteiger partial charge in [0.25, 0.3) is 11.5 Å². The molecule has 8 heteroatoms. The molecule has 0 atom stereocenters. The molecule has 2 rings (SSSR count). The fraction of sp³-hybridized carbons (Fsp3) is 0.111. The van der Waals surface area contributed by atoms with E-state index in [0.717, 1.165) is 10.9 Å². The standard InChI is InChI=1S/C9H8N4O4/c1-13-4-10-6(7(14)9(13)16)8(15)12-5-2-11-17-3-5/h2-4,14H,1H3,(H,12,15). The summed E-state index contributed by atoms with van der Waals surface area (Å²) >= 11 is 0. The number of nitrogens with zero attached hydrogens (tertiary/aromatic N) is 3. The van der Waals surface area contributed by atoms with Gasteiger partial charge in [-0.25, -0.2) is 4.98 Å². The van der Waals surface area contributed by atoms with Gasteiger partial charge in [0.15, 0.2) is 5.69 Å². The molecule has 0 fully saturated rings. The Bertz CT molecular complexity index is 602. The largest absolute Gasteiger partial charge is 0.501 e. The Morgan fingerprint density at radius 2 is 2.35 bits per heavy atom. The minimum Gasteiger partial charge on any atom is -0.501 e. The number of aryl methyl sites for hydroxylation is 1. The first-order valence-electron chi connectivity index (χ1n) is 4.55. The number of anilines is 1. The zero-order chi connectivity index (χ0) is 12.4. The fourth-order valence-electron chi connectivity index (χ4n) is 1.15. The summed E-state index contributed by atoms with van der Waals surface area (Å²) in [5.74, 6) is -1.42. The molecule has 0 aromatic carbocycles. The van der Waals surface area contributed by atoms with Gasteiger partial charge in [-0.15, -0.1) is 0 Å². The maximum atomic E-state index is 11.6. The van der Waals surface area contributed by atoms with Crippen LogP contribution in [0, 0.1) is 0 Å². The van der Waals surface area contributed by atoms with Crippen molar-refractivity contribution in [1.29, 1.82) is 0 Å². The van der Waals surface area contributed by atoms with Gasteiger partial charge in [-0.1, -0.05) is 5.16 Å². The van der Waals surface area contributed by atoms with Gasteiger partial charge in [0.05, 0.1) is 12.5 Å². The molecule has 0 saturated carbocycles. The van der Waals surface area contributed by atoms with Gasteiger partial charge in [0.1, 0.15) is 12.0 Å². The number of hydrogen-bond acceptors (Lipinski definition) is 6. The lowest BCUT2D eigenvalue weighted by Gasteiger charge is -2.04. The highest BCUT2D eigenvalue weighted by molar-refractivity contribution is 6.04. The van der Waals surface area contributed by atoms with Crippen LogP contribution in [0.4, 0.5) is 5.69 Å². The first-order chi connectivity index (χ1) is 8.09. The predicted molar refractivity (Wildman–Crippen MR) is 55.6 cm³/mol. The number of hydrogen-bond donors (Lipinski definition) is 2. The second-order valence-corrected chi connectivity index (χ2v) is 3.23. The van der Waals surface area contributed by atoms with Crippen LogP contribution in [0.2, 0.25) is 0 Å². The van der Waals surface area contributed by atoms with E-state index in [9.17, 15) is 14.7 Å². The Hall–Kier alpha value is -2.64. The van der Waals surface area contributed by atoms with E-state index in [0.29, 0.717) is 5.69 Å². The molecule has 17 heavy (non-hydrogen) atoms. The van der Waals surface area contributed by atoms with Crippen LogP contribution in [0.25, 0.3) is 0 Å². The Morgan fingerprint density at radius 1 is 1.59 bits per heavy atom. The van der Waals surface area contributed by atoms with Crippen LogP contribution in [0.3, 0.4) is 0 Å². The molecular weight excluding hydrogens is 228 g/mol. The highest BCUT2D eigenvalue weighted by Crippen LogP contribution is 2.11. The van der Waals surface area contributed by atoms with Crippen molar-refractivity contribution in [2.24, 2.45) is 7.05 Å². The van der Waals surface area contributed by atoms with Gasteiger partial charge in [-0.2, -0.15) is 0 Å². The van der Waals surface area contributed by atoms with Crippen LogP contribution in [-0.2, 0) is 7.05 Å². The van der Waals surface area contributed by atoms with Crippen LogP contribution in [0.5, 0.6) is 5.75 Å². The van der Waals surface area contributed by atoms with Crippen LogP contribution in [0.15, 0.2) is 28.1 Å². The summed E-state index contributed by atoms with van der Waals surface area (Å²) in [5, 5.41) is 15.2. The third-order valence-corrected chi connectivity index (χ3v) is 2.01. The van der Waals surface area contributed by atoms with Gasteiger partial charge in [0, 0.05) is 7.05 Å². The summed E-state index contributed by atoms with van der Waals surface area (Å²) < 4.78 is 5.57. The quantitative estimate of drug-likeness (QED) is 0.742. The predicted octanol–water partition coefficient (Wildman–Crippen LogP) is -0.274. The van der Waals surface area contributed by atoms with Crippen molar-refractivity contribution < 1.29 is 14.4 Å². The summed E-state index contributed by atoms with van der Waals surface area (Å²) in [6, 6.07) is 0. The molecule has 2 aromatic rings. The first-order valence-corrected chi connectivity index (χ1v) is 4.55. The van der Waals surface area contributed by atoms with Gasteiger partial charge in [-0.3, -0.25) is 14.2 Å². The van der Waals surface area contributed by atoms with E-state index in [1.54, 1.807) is 0 Å². The minimum atomic E-state index is -0.719. The van der Waals surface area contributed by atoms with E-state index in [-0.39, 0.29) is 5.69 Å². The molecule has 0 aliphatic rings. The molecule has 0 saturated heterocycles. The summed E-state index contributed by atoms with van der Waals surface area (Å²) in [7, 11) is 1.41. The van der Waals surface area contributed by atoms with Crippen molar-refractivity contribution in [3.63, 3.8) is 0 Å². The fourth-order valence-corrected chi connectivity index (χ4v) is 1.15. The van der Waals surface area contributed by atoms with Crippen molar-refractivity contribution in [3.8, 4) is 5.75 Å². The molecule has 0 unspecified atom stereocenters. The lowest BCUT2D eigenvalue weighted by molar-refractivity contribution is 0.101. The van der Waals surface area contributed by atoms with Crippen LogP contribution in [0.1, 0.15) is 10.5 Å². The molecule has 0 spiro atoms. The molecule has 0 bridgehead atoms. The summed E-state index contributed by atoms with van der Waals surface area (Å²) in [6.07, 6.45) is 3.62. The van der Waals surface area contributed by atoms with E-state index in [4.69, 9.17) is 0 Å². The second kappa shape index (κ2) is 4.08. The molecule has 2 heterocycles. The van der Waals surface area contributed by atoms with Gasteiger partial charge in [-0.05, 0) is 0 Å². The summed E-state index contributed by atoms with van der Waals surface area (Å²) in [6.45, 7) is 0. The lowest BCUT2D eigenvalue weighted by atomic mass is 10.3. The van der Waals surface area contributed by atoms with E-state index in [2.05, 4.69) is 20.0 Å². The molecule has 0 radical (unpaired) electrons. The zero-order valence-electron chi connectivity index (χ0n) is 8.75. The van der Waals surface area contributed by atoms with Crippen molar-refractivity contribution in [2.45, 2.75) is 0 Å². The maximum absolute atomic E-state index is 11.6. The Balaban J connectivity index is 2.32. The SMILES string of the molecule is Cn1cnc(C(=O)Nc2cnoc2)c(O)c1=O. The maximum Gasteiger partial charge on any atom is 0.296 e. The van der Waals surface area contributed by atoms with Crippen molar-refractivity contribution >= 4 is 11.6 Å². The number of carbonyl (C=O) groups is 1. The van der Waals surface area contributed by atoms with E-state index in [1.165, 1.54) is 19.5 Å². The number of amides is 1. The average molecular weight is 236 g/mol. The number of aromatic nitrogens is 3. The van der Waals surface area contributed by atoms with E-state index < -0.39 is 17.2 Å². The molecule has 8 nitrogen and oxygen atoms in total. The molecule has 2 aromatic heterocycles. The number of rotatable bonds is 2. The Labute approximate surface area is 94.5 Å². The normalized spacial score (nSPS) is 10.2. The summed E-state index contributed by atoms with van der Waals surface area (Å²) in [5.41, 5.74) is -0.748. The average Bonchev–Trinajstić information content (AvgIpc) is 2.78. The highest BCUT2D eigenvalue weighted by atomic mass is 16.5. The number of nitrogens with one attached hydrogen (secondary N) is 1. The molecule has 0 aliphatic carbocycles. The second-order valence-electron chi connectivity index (χ2n) is 3.23. The minimum absolute atomic E-state index is 0.303. The van der Waals surface area contributed by atoms with Crippen LogP contribution < -0.4 is 10.9 Å². The monoisotopic (exact) mass is 236 g/mol. The van der Waals surface area contributed by atoms with Gasteiger partial charge in [0.2, 0.25) is 5.75 Å². The van der Waals surface area contributed by atoms with E-state index in [1.807, 2.05) is 0 Å². The van der Waals surface area contributed by atoms with Crippen molar-refractivity contribution in [1.82, 2.24) is 14.7 Å². The highest BCUT2D eigenvalue weighted by Gasteiger charge is 2.17. The van der Waals surface area contributed by atoms with E-state index >= 15 is 0 Å². The zero-order valence-corrected chi connectivity index (χ0v) is 8.75. The third kappa shape index (κ3) is 2.00. The topological polar surface area (TPSA) is 110 Å². The van der Waals surface area contributed by atoms with Crippen molar-refractivity contribution in [3.05, 3.63) is 34.8 Å². The molecule has 1 amide bonds. The Morgan fingerprint density at radius 3 is 3.00 bits per heavy atom. The Kier molecular flexibility index (Phi) is 2.61. The molecule has 2 N–H and O–H groups in total. The van der Waals surface area contributed by atoms with Gasteiger partial charge < -0.3 is 14.9 Å². The first kappa shape index (κ1) is 10.9. The summed E-state index contributed by atoms with van der Waals surface area (Å²) in [4.78, 5) is 26.7. The smallest absolute Gasteiger partial charge is 0.296 e. The number of aromatic hydroxyl groups is 1. The van der Waals surface area contributed by atoms with Crippen LogP contribution >= 0.6 is 0 Å². The molecule has 0 aliphatic heterocycles. The van der Waals surface area contributed by atoms with Crippen molar-refractivity contribution in [2.75, 3.05) is 5.32 Å². The molecule has 88 valence electrons. The molecular formula is C9H8N4O4. The lowest BCUT2D eigenvalue weighted by Crippen LogP contribution is -2.22. The van der Waals surface area contributed by atoms with Crippen LogP contribution in [-0.4, -0.2) is 25.7 Å². The number of carbonyl (C=O) groups excluding carboxylic acids is 1. The third-order valence-electron chi connectivity index (χ3n) is 2.01.